The smallest absolute Gasteiger partial charge is 0.303 e. The summed E-state index contributed by atoms with van der Waals surface area (Å²) in [6, 6.07) is 0. The molecule has 0 aliphatic heterocycles. The Balaban J connectivity index is 3.94. The molecule has 0 heterocycles. The lowest BCUT2D eigenvalue weighted by molar-refractivity contribution is -0.137. The van der Waals surface area contributed by atoms with E-state index in [2.05, 4.69) is 6.92 Å². The number of carboxylic acid groups (broad SMARTS) is 1. The second kappa shape index (κ2) is 13.9. The number of aliphatic carboxylic acids is 1. The van der Waals surface area contributed by atoms with E-state index in [1.807, 2.05) is 0 Å². The van der Waals surface area contributed by atoms with Crippen LogP contribution in [0, 0.1) is 0 Å². The summed E-state index contributed by atoms with van der Waals surface area (Å²) in [6.07, 6.45) is 9.87. The first-order valence-electron chi connectivity index (χ1n) is 9.35. The largest absolute Gasteiger partial charge is 0.481 e. The maximum atomic E-state index is 12.2. The van der Waals surface area contributed by atoms with Gasteiger partial charge in [0.05, 0.1) is 0 Å². The maximum absolute atomic E-state index is 12.2. The van der Waals surface area contributed by atoms with Crippen LogP contribution in [0.15, 0.2) is 11.1 Å². The van der Waals surface area contributed by atoms with Crippen LogP contribution in [0.4, 0.5) is 0 Å². The number of hydrogen-bond acceptors (Lipinski definition) is 3. The fraction of sp³-hybridized carbons (Fsp3) is 0.750. The van der Waals surface area contributed by atoms with Crippen molar-refractivity contribution in [2.45, 2.75) is 97.8 Å². The van der Waals surface area contributed by atoms with Crippen LogP contribution in [0.2, 0.25) is 0 Å². The van der Waals surface area contributed by atoms with Gasteiger partial charge < -0.3 is 5.11 Å². The lowest BCUT2D eigenvalue weighted by atomic mass is 9.97. The number of unbranched alkanes of at least 4 members (excludes halogenated alkanes) is 7. The Hall–Kier alpha value is -1.45. The minimum Gasteiger partial charge on any atom is -0.481 e. The summed E-state index contributed by atoms with van der Waals surface area (Å²) in [5.41, 5.74) is 1.25. The molecule has 0 aliphatic rings. The molecule has 0 atom stereocenters. The normalized spacial score (nSPS) is 12.0. The van der Waals surface area contributed by atoms with Crippen molar-refractivity contribution in [2.75, 3.05) is 0 Å². The molecule has 0 bridgehead atoms. The Morgan fingerprint density at radius 2 is 1.00 bits per heavy atom. The van der Waals surface area contributed by atoms with Crippen molar-refractivity contribution in [3.63, 3.8) is 0 Å². The number of rotatable bonds is 15. The molecule has 0 unspecified atom stereocenters. The fourth-order valence-corrected chi connectivity index (χ4v) is 2.60. The van der Waals surface area contributed by atoms with Gasteiger partial charge in [-0.05, 0) is 44.3 Å². The van der Waals surface area contributed by atoms with Gasteiger partial charge in [-0.1, -0.05) is 45.4 Å². The van der Waals surface area contributed by atoms with Gasteiger partial charge in [0.2, 0.25) is 0 Å². The van der Waals surface area contributed by atoms with Gasteiger partial charge in [-0.25, -0.2) is 0 Å². The Morgan fingerprint density at radius 3 is 1.42 bits per heavy atom. The molecule has 0 radical (unpaired) electrons. The van der Waals surface area contributed by atoms with E-state index in [1.165, 1.54) is 0 Å². The molecule has 0 fully saturated rings. The Kier molecular flexibility index (Phi) is 13.1. The Morgan fingerprint density at radius 1 is 0.625 bits per heavy atom. The van der Waals surface area contributed by atoms with E-state index in [0.29, 0.717) is 24.0 Å². The molecule has 0 aromatic heterocycles. The van der Waals surface area contributed by atoms with E-state index in [-0.39, 0.29) is 18.0 Å². The molecule has 0 aromatic rings. The van der Waals surface area contributed by atoms with Gasteiger partial charge in [0.15, 0.2) is 11.6 Å². The van der Waals surface area contributed by atoms with Crippen molar-refractivity contribution >= 4 is 17.5 Å². The second-order valence-electron chi connectivity index (χ2n) is 6.57. The van der Waals surface area contributed by atoms with E-state index in [4.69, 9.17) is 5.11 Å². The lowest BCUT2D eigenvalue weighted by Crippen LogP contribution is -2.08. The molecule has 0 rings (SSSR count). The number of ketones is 2. The van der Waals surface area contributed by atoms with Crippen molar-refractivity contribution in [1.29, 1.82) is 0 Å². The molecule has 4 nitrogen and oxygen atoms in total. The Labute approximate surface area is 146 Å². The van der Waals surface area contributed by atoms with Crippen LogP contribution in [-0.2, 0) is 14.4 Å². The lowest BCUT2D eigenvalue weighted by Gasteiger charge is -2.07. The molecule has 0 aliphatic carbocycles. The van der Waals surface area contributed by atoms with Gasteiger partial charge in [0.25, 0.3) is 0 Å². The third-order valence-corrected chi connectivity index (χ3v) is 4.45. The molecule has 0 spiro atoms. The van der Waals surface area contributed by atoms with Crippen molar-refractivity contribution in [3.05, 3.63) is 11.1 Å². The average Bonchev–Trinajstić information content (AvgIpc) is 2.55. The van der Waals surface area contributed by atoms with Gasteiger partial charge in [-0.2, -0.15) is 0 Å². The quantitative estimate of drug-likeness (QED) is 0.327. The monoisotopic (exact) mass is 338 g/mol. The zero-order valence-electron chi connectivity index (χ0n) is 15.7. The first-order chi connectivity index (χ1) is 11.4. The number of Topliss-reactive ketones (excluding diaryl/α,β-unsaturated/α-hetero) is 2. The number of allylic oxidation sites excluding steroid dienone is 2. The van der Waals surface area contributed by atoms with Gasteiger partial charge in [0.1, 0.15) is 0 Å². The van der Waals surface area contributed by atoms with Crippen LogP contribution in [0.25, 0.3) is 0 Å². The third kappa shape index (κ3) is 11.1. The standard InChI is InChI=1S/C20H34O4/c1-4-5-10-13-18(21)16(2)17(3)19(22)14-11-8-6-7-9-12-15-20(23)24/h4-15H2,1-3H3,(H,23,24). The summed E-state index contributed by atoms with van der Waals surface area (Å²) in [7, 11) is 0. The Bertz CT molecular complexity index is 435. The minimum atomic E-state index is -0.734. The first kappa shape index (κ1) is 22.6. The van der Waals surface area contributed by atoms with Crippen LogP contribution in [0.5, 0.6) is 0 Å². The predicted molar refractivity (Wildman–Crippen MR) is 97.1 cm³/mol. The minimum absolute atomic E-state index is 0.0854. The van der Waals surface area contributed by atoms with Crippen molar-refractivity contribution in [1.82, 2.24) is 0 Å². The molecule has 138 valence electrons. The molecule has 0 aromatic carbocycles. The van der Waals surface area contributed by atoms with Crippen LogP contribution in [0.1, 0.15) is 97.8 Å². The molecule has 0 saturated carbocycles. The van der Waals surface area contributed by atoms with Crippen LogP contribution in [-0.4, -0.2) is 22.6 Å². The highest BCUT2D eigenvalue weighted by atomic mass is 16.4. The van der Waals surface area contributed by atoms with E-state index < -0.39 is 5.97 Å². The van der Waals surface area contributed by atoms with Gasteiger partial charge >= 0.3 is 5.97 Å². The summed E-state index contributed by atoms with van der Waals surface area (Å²) in [5.74, 6) is -0.544. The summed E-state index contributed by atoms with van der Waals surface area (Å²) in [6.45, 7) is 5.64. The average molecular weight is 338 g/mol. The van der Waals surface area contributed by atoms with Crippen molar-refractivity contribution in [3.8, 4) is 0 Å². The van der Waals surface area contributed by atoms with Gasteiger partial charge in [-0.3, -0.25) is 14.4 Å². The van der Waals surface area contributed by atoms with Crippen molar-refractivity contribution < 1.29 is 19.5 Å². The molecule has 0 saturated heterocycles. The SMILES string of the molecule is CCCCCC(=O)C(C)=C(C)C(=O)CCCCCCCCC(=O)O. The second-order valence-corrected chi connectivity index (χ2v) is 6.57. The molecule has 4 heteroatoms. The topological polar surface area (TPSA) is 71.4 Å². The highest BCUT2D eigenvalue weighted by molar-refractivity contribution is 6.05. The molecule has 1 N–H and O–H groups in total. The molecule has 24 heavy (non-hydrogen) atoms. The highest BCUT2D eigenvalue weighted by Gasteiger charge is 2.13. The number of carboxylic acids is 1. The molecule has 0 amide bonds. The summed E-state index contributed by atoms with van der Waals surface area (Å²) < 4.78 is 0. The molecular formula is C20H34O4. The number of carbonyl (C=O) groups excluding carboxylic acids is 2. The zero-order valence-corrected chi connectivity index (χ0v) is 15.7. The highest BCUT2D eigenvalue weighted by Crippen LogP contribution is 2.15. The van der Waals surface area contributed by atoms with Crippen LogP contribution in [0.3, 0.4) is 0 Å². The summed E-state index contributed by atoms with van der Waals surface area (Å²) >= 11 is 0. The van der Waals surface area contributed by atoms with E-state index in [9.17, 15) is 14.4 Å². The van der Waals surface area contributed by atoms with Crippen LogP contribution < -0.4 is 0 Å². The van der Waals surface area contributed by atoms with E-state index >= 15 is 0 Å². The maximum Gasteiger partial charge on any atom is 0.303 e. The number of carbonyl (C=O) groups is 3. The van der Waals surface area contributed by atoms with Gasteiger partial charge in [-0.15, -0.1) is 0 Å². The first-order valence-corrected chi connectivity index (χ1v) is 9.35. The third-order valence-electron chi connectivity index (χ3n) is 4.45. The van der Waals surface area contributed by atoms with Gasteiger partial charge in [0, 0.05) is 19.3 Å². The predicted octanol–water partition coefficient (Wildman–Crippen LogP) is 5.25. The van der Waals surface area contributed by atoms with Crippen LogP contribution >= 0.6 is 0 Å². The molecular weight excluding hydrogens is 304 g/mol. The van der Waals surface area contributed by atoms with Crippen molar-refractivity contribution in [2.24, 2.45) is 0 Å². The number of hydrogen-bond donors (Lipinski definition) is 1. The van der Waals surface area contributed by atoms with E-state index in [0.717, 1.165) is 57.8 Å². The zero-order chi connectivity index (χ0) is 18.4. The fourth-order valence-electron chi connectivity index (χ4n) is 2.60. The summed E-state index contributed by atoms with van der Waals surface area (Å²) in [4.78, 5) is 34.6. The summed E-state index contributed by atoms with van der Waals surface area (Å²) in [5, 5.41) is 8.55. The van der Waals surface area contributed by atoms with E-state index in [1.54, 1.807) is 13.8 Å².